The maximum absolute atomic E-state index is 11.7. The summed E-state index contributed by atoms with van der Waals surface area (Å²) in [6.45, 7) is 3.82. The topological polar surface area (TPSA) is 60.2 Å². The van der Waals surface area contributed by atoms with Gasteiger partial charge in [-0.25, -0.2) is 8.42 Å². The normalized spacial score (nSPS) is 11.9. The number of aryl methyl sites for hydroxylation is 1. The number of sulfone groups is 1. The van der Waals surface area contributed by atoms with Crippen molar-refractivity contribution in [2.24, 2.45) is 5.92 Å². The van der Waals surface area contributed by atoms with Gasteiger partial charge in [0.2, 0.25) is 0 Å². The first-order chi connectivity index (χ1) is 7.41. The highest BCUT2D eigenvalue weighted by molar-refractivity contribution is 7.91. The SMILES string of the molecule is CC(C)CS(=O)(=O)CCc1ccccc1N. The van der Waals surface area contributed by atoms with E-state index in [1.165, 1.54) is 0 Å². The molecule has 4 heteroatoms. The van der Waals surface area contributed by atoms with E-state index in [4.69, 9.17) is 5.73 Å². The van der Waals surface area contributed by atoms with Crippen LogP contribution in [0.15, 0.2) is 24.3 Å². The first-order valence-electron chi connectivity index (χ1n) is 5.44. The summed E-state index contributed by atoms with van der Waals surface area (Å²) in [5, 5.41) is 0. The smallest absolute Gasteiger partial charge is 0.150 e. The summed E-state index contributed by atoms with van der Waals surface area (Å²) in [7, 11) is -2.95. The Morgan fingerprint density at radius 2 is 1.88 bits per heavy atom. The first-order valence-corrected chi connectivity index (χ1v) is 7.26. The molecule has 0 saturated heterocycles. The van der Waals surface area contributed by atoms with Crippen molar-refractivity contribution in [3.8, 4) is 0 Å². The van der Waals surface area contributed by atoms with Gasteiger partial charge in [0, 0.05) is 5.69 Å². The van der Waals surface area contributed by atoms with Gasteiger partial charge in [-0.1, -0.05) is 32.0 Å². The van der Waals surface area contributed by atoms with Crippen molar-refractivity contribution < 1.29 is 8.42 Å². The lowest BCUT2D eigenvalue weighted by atomic mass is 10.1. The Morgan fingerprint density at radius 1 is 1.25 bits per heavy atom. The second-order valence-corrected chi connectivity index (χ2v) is 6.69. The third kappa shape index (κ3) is 4.23. The van der Waals surface area contributed by atoms with E-state index in [1.54, 1.807) is 6.07 Å². The second-order valence-electron chi connectivity index (χ2n) is 4.46. The van der Waals surface area contributed by atoms with Crippen molar-refractivity contribution in [2.45, 2.75) is 20.3 Å². The molecule has 1 rings (SSSR count). The third-order valence-corrected chi connectivity index (χ3v) is 4.33. The summed E-state index contributed by atoms with van der Waals surface area (Å²) in [5.74, 6) is 0.609. The van der Waals surface area contributed by atoms with Gasteiger partial charge in [0.15, 0.2) is 9.84 Å². The molecule has 90 valence electrons. The standard InChI is InChI=1S/C12H19NO2S/c1-10(2)9-16(14,15)8-7-11-5-3-4-6-12(11)13/h3-6,10H,7-9,13H2,1-2H3. The zero-order valence-electron chi connectivity index (χ0n) is 9.81. The Hall–Kier alpha value is -1.03. The number of anilines is 1. The zero-order chi connectivity index (χ0) is 12.2. The molecule has 0 radical (unpaired) electrons. The molecule has 0 aliphatic carbocycles. The number of nitrogen functional groups attached to an aromatic ring is 1. The van der Waals surface area contributed by atoms with Crippen LogP contribution < -0.4 is 5.73 Å². The Labute approximate surface area is 97.6 Å². The molecule has 0 saturated carbocycles. The number of rotatable bonds is 5. The summed E-state index contributed by atoms with van der Waals surface area (Å²) in [6.07, 6.45) is 0.502. The summed E-state index contributed by atoms with van der Waals surface area (Å²) in [4.78, 5) is 0. The average molecular weight is 241 g/mol. The molecule has 0 aliphatic heterocycles. The van der Waals surface area contributed by atoms with Crippen molar-refractivity contribution in [3.63, 3.8) is 0 Å². The first kappa shape index (κ1) is 13.0. The highest BCUT2D eigenvalue weighted by atomic mass is 32.2. The van der Waals surface area contributed by atoms with Gasteiger partial charge in [-0.05, 0) is 24.0 Å². The quantitative estimate of drug-likeness (QED) is 0.801. The fourth-order valence-electron chi connectivity index (χ4n) is 1.62. The summed E-state index contributed by atoms with van der Waals surface area (Å²) in [5.41, 5.74) is 7.34. The molecule has 16 heavy (non-hydrogen) atoms. The minimum Gasteiger partial charge on any atom is -0.399 e. The van der Waals surface area contributed by atoms with Gasteiger partial charge in [0.1, 0.15) is 0 Å². The Balaban J connectivity index is 2.62. The van der Waals surface area contributed by atoms with E-state index in [0.717, 1.165) is 5.56 Å². The Bertz CT molecular complexity index is 438. The van der Waals surface area contributed by atoms with Crippen molar-refractivity contribution in [2.75, 3.05) is 17.2 Å². The van der Waals surface area contributed by atoms with E-state index in [9.17, 15) is 8.42 Å². The second kappa shape index (κ2) is 5.34. The summed E-state index contributed by atoms with van der Waals surface area (Å²) >= 11 is 0. The third-order valence-electron chi connectivity index (χ3n) is 2.32. The number of hydrogen-bond donors (Lipinski definition) is 1. The van der Waals surface area contributed by atoms with Gasteiger partial charge < -0.3 is 5.73 Å². The van der Waals surface area contributed by atoms with Gasteiger partial charge in [-0.15, -0.1) is 0 Å². The average Bonchev–Trinajstić information content (AvgIpc) is 2.14. The van der Waals surface area contributed by atoms with Gasteiger partial charge in [-0.2, -0.15) is 0 Å². The van der Waals surface area contributed by atoms with Crippen LogP contribution in [0.3, 0.4) is 0 Å². The molecule has 0 unspecified atom stereocenters. The van der Waals surface area contributed by atoms with E-state index >= 15 is 0 Å². The van der Waals surface area contributed by atoms with Crippen LogP contribution in [-0.2, 0) is 16.3 Å². The molecule has 3 nitrogen and oxygen atoms in total. The van der Waals surface area contributed by atoms with Crippen LogP contribution in [0.25, 0.3) is 0 Å². The predicted octanol–water partition coefficient (Wildman–Crippen LogP) is 1.88. The van der Waals surface area contributed by atoms with Crippen LogP contribution >= 0.6 is 0 Å². The fourth-order valence-corrected chi connectivity index (χ4v) is 3.33. The van der Waals surface area contributed by atoms with Crippen LogP contribution in [-0.4, -0.2) is 19.9 Å². The molecule has 0 atom stereocenters. The number of nitrogens with two attached hydrogens (primary N) is 1. The number of para-hydroxylation sites is 1. The van der Waals surface area contributed by atoms with E-state index in [0.29, 0.717) is 12.1 Å². The molecule has 0 bridgehead atoms. The lowest BCUT2D eigenvalue weighted by molar-refractivity contribution is 0.581. The lowest BCUT2D eigenvalue weighted by Crippen LogP contribution is -2.17. The molecule has 0 amide bonds. The van der Waals surface area contributed by atoms with Crippen molar-refractivity contribution in [3.05, 3.63) is 29.8 Å². The van der Waals surface area contributed by atoms with Gasteiger partial charge in [0.05, 0.1) is 11.5 Å². The fraction of sp³-hybridized carbons (Fsp3) is 0.500. The molecule has 1 aromatic carbocycles. The monoisotopic (exact) mass is 241 g/mol. The largest absolute Gasteiger partial charge is 0.399 e. The minimum atomic E-state index is -2.95. The van der Waals surface area contributed by atoms with E-state index in [2.05, 4.69) is 0 Å². The lowest BCUT2D eigenvalue weighted by Gasteiger charge is -2.08. The minimum absolute atomic E-state index is 0.179. The number of hydrogen-bond acceptors (Lipinski definition) is 3. The highest BCUT2D eigenvalue weighted by Gasteiger charge is 2.13. The van der Waals surface area contributed by atoms with Crippen LogP contribution in [0.5, 0.6) is 0 Å². The van der Waals surface area contributed by atoms with E-state index in [1.807, 2.05) is 32.0 Å². The molecule has 0 fully saturated rings. The van der Waals surface area contributed by atoms with Crippen LogP contribution in [0.4, 0.5) is 5.69 Å². The van der Waals surface area contributed by atoms with Gasteiger partial charge in [0.25, 0.3) is 0 Å². The Morgan fingerprint density at radius 3 is 2.44 bits per heavy atom. The predicted molar refractivity (Wildman–Crippen MR) is 68.1 cm³/mol. The molecule has 0 aliphatic rings. The Kier molecular flexibility index (Phi) is 4.35. The highest BCUT2D eigenvalue weighted by Crippen LogP contribution is 2.12. The van der Waals surface area contributed by atoms with Crippen molar-refractivity contribution in [1.82, 2.24) is 0 Å². The molecule has 0 aromatic heterocycles. The molecule has 0 heterocycles. The summed E-state index contributed by atoms with van der Waals surface area (Å²) in [6, 6.07) is 7.40. The van der Waals surface area contributed by atoms with Crippen LogP contribution in [0, 0.1) is 5.92 Å². The molecular weight excluding hydrogens is 222 g/mol. The summed E-state index contributed by atoms with van der Waals surface area (Å²) < 4.78 is 23.4. The van der Waals surface area contributed by atoms with Gasteiger partial charge in [-0.3, -0.25) is 0 Å². The molecule has 0 spiro atoms. The molecule has 1 aromatic rings. The van der Waals surface area contributed by atoms with E-state index in [-0.39, 0.29) is 17.4 Å². The number of benzene rings is 1. The van der Waals surface area contributed by atoms with Crippen LogP contribution in [0.2, 0.25) is 0 Å². The van der Waals surface area contributed by atoms with E-state index < -0.39 is 9.84 Å². The van der Waals surface area contributed by atoms with Gasteiger partial charge >= 0.3 is 0 Å². The van der Waals surface area contributed by atoms with Crippen LogP contribution in [0.1, 0.15) is 19.4 Å². The van der Waals surface area contributed by atoms with Crippen molar-refractivity contribution in [1.29, 1.82) is 0 Å². The van der Waals surface area contributed by atoms with Crippen molar-refractivity contribution >= 4 is 15.5 Å². The maximum Gasteiger partial charge on any atom is 0.150 e. The molecular formula is C12H19NO2S. The maximum atomic E-state index is 11.7. The molecule has 2 N–H and O–H groups in total. The zero-order valence-corrected chi connectivity index (χ0v) is 10.6.